The van der Waals surface area contributed by atoms with Crippen LogP contribution in [0.2, 0.25) is 0 Å². The zero-order valence-corrected chi connectivity index (χ0v) is 34.3. The van der Waals surface area contributed by atoms with Gasteiger partial charge in [-0.2, -0.15) is 0 Å². The minimum atomic E-state index is -1.07. The average molecular weight is 827 g/mol. The van der Waals surface area contributed by atoms with E-state index < -0.39 is 34.9 Å². The Bertz CT molecular complexity index is 2230. The molecular formula is C43H52F2N10O5. The number of carbonyl (C=O) groups excluding carboxylic acids is 4. The van der Waals surface area contributed by atoms with Gasteiger partial charge in [0.2, 0.25) is 11.8 Å². The molecule has 1 aromatic heterocycles. The molecule has 4 fully saturated rings. The Morgan fingerprint density at radius 3 is 2.45 bits per heavy atom. The monoisotopic (exact) mass is 826 g/mol. The number of nitrogens with one attached hydrogen (secondary N) is 2. The van der Waals surface area contributed by atoms with Crippen molar-refractivity contribution < 1.29 is 33.1 Å². The molecule has 2 unspecified atom stereocenters. The van der Waals surface area contributed by atoms with Crippen molar-refractivity contribution in [3.8, 4) is 17.0 Å². The first-order valence-corrected chi connectivity index (χ1v) is 21.2. The summed E-state index contributed by atoms with van der Waals surface area (Å²) >= 11 is 0. The number of amides is 5. The molecule has 7 heterocycles. The third-order valence-corrected chi connectivity index (χ3v) is 13.8. The van der Waals surface area contributed by atoms with Crippen LogP contribution in [0.4, 0.5) is 30.8 Å². The third kappa shape index (κ3) is 7.03. The number of urea groups is 1. The Hall–Kier alpha value is -5.58. The van der Waals surface area contributed by atoms with E-state index in [4.69, 9.17) is 0 Å². The molecule has 5 amide bonds. The molecule has 0 bridgehead atoms. The van der Waals surface area contributed by atoms with Gasteiger partial charge in [-0.25, -0.2) is 13.6 Å². The average Bonchev–Trinajstić information content (AvgIpc) is 3.56. The molecule has 6 aliphatic heterocycles. The molecule has 0 saturated carbocycles. The second kappa shape index (κ2) is 15.5. The largest absolute Gasteiger partial charge is 0.504 e. The van der Waals surface area contributed by atoms with E-state index in [-0.39, 0.29) is 47.6 Å². The van der Waals surface area contributed by atoms with Gasteiger partial charge >= 0.3 is 6.03 Å². The zero-order valence-electron chi connectivity index (χ0n) is 34.3. The van der Waals surface area contributed by atoms with Gasteiger partial charge < -0.3 is 34.9 Å². The smallest absolute Gasteiger partial charge is 0.320 e. The lowest BCUT2D eigenvalue weighted by Crippen LogP contribution is -2.70. The first-order valence-electron chi connectivity index (χ1n) is 21.2. The van der Waals surface area contributed by atoms with Crippen LogP contribution in [0.3, 0.4) is 0 Å². The van der Waals surface area contributed by atoms with Crippen molar-refractivity contribution in [2.24, 2.45) is 5.92 Å². The van der Waals surface area contributed by atoms with E-state index in [0.29, 0.717) is 68.2 Å². The number of aromatic hydroxyl groups is 1. The van der Waals surface area contributed by atoms with Crippen molar-refractivity contribution in [1.82, 2.24) is 35.1 Å². The number of fused-ring (bicyclic) bond motifs is 4. The predicted octanol–water partition coefficient (Wildman–Crippen LogP) is 4.02. The Morgan fingerprint density at radius 2 is 1.72 bits per heavy atom. The second-order valence-electron chi connectivity index (χ2n) is 17.5. The molecule has 60 heavy (non-hydrogen) atoms. The van der Waals surface area contributed by atoms with Crippen LogP contribution in [0, 0.1) is 17.6 Å². The molecule has 318 valence electrons. The predicted molar refractivity (Wildman–Crippen MR) is 220 cm³/mol. The van der Waals surface area contributed by atoms with E-state index in [1.165, 1.54) is 0 Å². The van der Waals surface area contributed by atoms with Crippen LogP contribution in [-0.2, 0) is 16.1 Å². The molecule has 4 saturated heterocycles. The van der Waals surface area contributed by atoms with Crippen molar-refractivity contribution in [2.75, 3.05) is 74.0 Å². The highest BCUT2D eigenvalue weighted by Crippen LogP contribution is 2.42. The van der Waals surface area contributed by atoms with Crippen LogP contribution >= 0.6 is 0 Å². The third-order valence-electron chi connectivity index (χ3n) is 13.8. The van der Waals surface area contributed by atoms with Crippen molar-refractivity contribution in [1.29, 1.82) is 0 Å². The summed E-state index contributed by atoms with van der Waals surface area (Å²) in [5, 5.41) is 24.6. The molecule has 6 aliphatic rings. The van der Waals surface area contributed by atoms with Crippen molar-refractivity contribution in [3.05, 3.63) is 59.2 Å². The van der Waals surface area contributed by atoms with Gasteiger partial charge in [0.05, 0.1) is 16.9 Å². The van der Waals surface area contributed by atoms with Gasteiger partial charge in [-0.3, -0.25) is 24.6 Å². The summed E-state index contributed by atoms with van der Waals surface area (Å²) in [6.07, 6.45) is 3.34. The number of hydrogen-bond acceptors (Lipinski definition) is 11. The number of aromatic nitrogens is 2. The first-order chi connectivity index (χ1) is 28.8. The fraction of sp³-hybridized carbons (Fsp3) is 0.535. The van der Waals surface area contributed by atoms with Crippen LogP contribution in [0.1, 0.15) is 68.8 Å². The number of nitrogens with zero attached hydrogens (tertiary/aromatic N) is 8. The minimum Gasteiger partial charge on any atom is -0.504 e. The number of carbonyl (C=O) groups is 4. The summed E-state index contributed by atoms with van der Waals surface area (Å²) in [5.41, 5.74) is 2.89. The van der Waals surface area contributed by atoms with Gasteiger partial charge in [0, 0.05) is 107 Å². The number of piperidine rings is 2. The Balaban J connectivity index is 0.796. The SMILES string of the molecule is CCC12CNc3nnc(-c4cc(F)cc(F)c4O)cc3N1CCN(C(=O)N1[C@H](C)CN(CC3CCN(c4ccc5c(c4)C(=O)N(C4CCC(=O)NC4=O)C5)CC3)C[C@@H]1C)C2. The second-order valence-corrected chi connectivity index (χ2v) is 17.5. The molecule has 15 nitrogen and oxygen atoms in total. The zero-order chi connectivity index (χ0) is 42.0. The molecular weight excluding hydrogens is 775 g/mol. The van der Waals surface area contributed by atoms with E-state index in [1.54, 1.807) is 11.0 Å². The summed E-state index contributed by atoms with van der Waals surface area (Å²) in [6.45, 7) is 13.1. The maximum Gasteiger partial charge on any atom is 0.320 e. The van der Waals surface area contributed by atoms with Gasteiger partial charge in [-0.15, -0.1) is 10.2 Å². The molecule has 0 spiro atoms. The van der Waals surface area contributed by atoms with E-state index in [9.17, 15) is 33.1 Å². The van der Waals surface area contributed by atoms with Crippen LogP contribution in [0.25, 0.3) is 11.3 Å². The maximum absolute atomic E-state index is 14.4. The fourth-order valence-electron chi connectivity index (χ4n) is 10.6. The first kappa shape index (κ1) is 39.9. The van der Waals surface area contributed by atoms with Crippen LogP contribution < -0.4 is 20.4 Å². The van der Waals surface area contributed by atoms with Crippen LogP contribution in [-0.4, -0.2) is 141 Å². The van der Waals surface area contributed by atoms with E-state index in [1.807, 2.05) is 21.9 Å². The highest BCUT2D eigenvalue weighted by molar-refractivity contribution is 6.05. The number of hydrogen-bond donors (Lipinski definition) is 3. The Morgan fingerprint density at radius 1 is 0.950 bits per heavy atom. The van der Waals surface area contributed by atoms with Crippen molar-refractivity contribution >= 4 is 40.9 Å². The standard InChI is InChI=1S/C43H52F2N10O5/c1-4-43-23-46-39-36(18-34(48-49-39)32-15-29(44)16-33(45)38(32)57)54(43)14-13-52(24-43)42(60)55-25(2)19-50(20-26(55)3)21-27-9-11-51(12-10-27)30-6-5-28-22-53(41(59)31(28)17-30)35-7-8-37(56)47-40(35)58/h5-6,15-18,25-27,35,57H,4,7-14,19-24H2,1-3H3,(H,46,49)(H,47,56,58)/t25-,26+,35?,43?. The van der Waals surface area contributed by atoms with Gasteiger partial charge in [-0.05, 0) is 75.3 Å². The van der Waals surface area contributed by atoms with Gasteiger partial charge in [0.15, 0.2) is 17.4 Å². The molecule has 3 N–H and O–H groups in total. The van der Waals surface area contributed by atoms with Crippen LogP contribution in [0.5, 0.6) is 5.75 Å². The Kier molecular flexibility index (Phi) is 10.3. The molecule has 0 radical (unpaired) electrons. The Labute approximate surface area is 347 Å². The summed E-state index contributed by atoms with van der Waals surface area (Å²) in [4.78, 5) is 64.6. The number of piperazine rings is 2. The molecule has 0 aliphatic carbocycles. The topological polar surface area (TPSA) is 158 Å². The lowest BCUT2D eigenvalue weighted by Gasteiger charge is -2.55. The van der Waals surface area contributed by atoms with Crippen molar-refractivity contribution in [2.45, 2.75) is 83.1 Å². The number of imide groups is 1. The van der Waals surface area contributed by atoms with Crippen molar-refractivity contribution in [3.63, 3.8) is 0 Å². The molecule has 2 aromatic carbocycles. The number of benzene rings is 2. The number of phenols is 1. The van der Waals surface area contributed by atoms with Gasteiger partial charge in [-0.1, -0.05) is 13.0 Å². The molecule has 9 rings (SSSR count). The fourth-order valence-corrected chi connectivity index (χ4v) is 10.6. The maximum atomic E-state index is 14.4. The molecule has 3 aromatic rings. The highest BCUT2D eigenvalue weighted by atomic mass is 19.1. The summed E-state index contributed by atoms with van der Waals surface area (Å²) in [5.74, 6) is -2.38. The van der Waals surface area contributed by atoms with E-state index in [2.05, 4.69) is 62.4 Å². The number of halogens is 2. The van der Waals surface area contributed by atoms with Crippen LogP contribution in [0.15, 0.2) is 36.4 Å². The molecule has 4 atom stereocenters. The highest BCUT2D eigenvalue weighted by Gasteiger charge is 2.48. The lowest BCUT2D eigenvalue weighted by molar-refractivity contribution is -0.136. The quantitative estimate of drug-likeness (QED) is 0.309. The van der Waals surface area contributed by atoms with E-state index >= 15 is 0 Å². The minimum absolute atomic E-state index is 0.0167. The number of rotatable bonds is 6. The van der Waals surface area contributed by atoms with Gasteiger partial charge in [0.1, 0.15) is 11.9 Å². The van der Waals surface area contributed by atoms with E-state index in [0.717, 1.165) is 69.3 Å². The lowest BCUT2D eigenvalue weighted by atomic mass is 9.87. The number of anilines is 3. The summed E-state index contributed by atoms with van der Waals surface area (Å²) in [6, 6.07) is 8.84. The van der Waals surface area contributed by atoms with Gasteiger partial charge in [0.25, 0.3) is 5.91 Å². The number of phenolic OH excluding ortho intramolecular Hbond substituents is 1. The normalized spacial score (nSPS) is 26.1. The molecule has 17 heteroatoms. The summed E-state index contributed by atoms with van der Waals surface area (Å²) in [7, 11) is 0. The summed E-state index contributed by atoms with van der Waals surface area (Å²) < 4.78 is 28.4.